The van der Waals surface area contributed by atoms with Gasteiger partial charge in [-0.25, -0.2) is 4.79 Å². The smallest absolute Gasteiger partial charge is 0.326 e. The summed E-state index contributed by atoms with van der Waals surface area (Å²) in [6.07, 6.45) is -8.93. The number of carboxylic acids is 2. The molecule has 1 aliphatic heterocycles. The molecular formula is C57H94N12O20. The molecule has 32 heteroatoms. The molecule has 0 radical (unpaired) electrons. The summed E-state index contributed by atoms with van der Waals surface area (Å²) < 4.78 is 11.5. The molecule has 1 aliphatic rings. The minimum atomic E-state index is -2.00. The Balaban J connectivity index is 2.58. The van der Waals surface area contributed by atoms with Gasteiger partial charge in [0, 0.05) is 19.8 Å². The van der Waals surface area contributed by atoms with Crippen LogP contribution in [0.3, 0.4) is 0 Å². The lowest BCUT2D eigenvalue weighted by molar-refractivity contribution is -0.271. The number of carbonyl (C=O) groups excluding carboxylic acids is 10. The maximum atomic E-state index is 14.7. The number of rotatable bonds is 39. The van der Waals surface area contributed by atoms with Gasteiger partial charge in [-0.3, -0.25) is 52.7 Å². The van der Waals surface area contributed by atoms with Crippen LogP contribution < -0.4 is 64.6 Å². The predicted molar refractivity (Wildman–Crippen MR) is 316 cm³/mol. The number of aliphatic hydroxyl groups excluding tert-OH is 4. The Morgan fingerprint density at radius 2 is 1.22 bits per heavy atom. The van der Waals surface area contributed by atoms with E-state index in [9.17, 15) is 88.2 Å². The van der Waals surface area contributed by atoms with Gasteiger partial charge in [-0.15, -0.1) is 0 Å². The van der Waals surface area contributed by atoms with Crippen LogP contribution in [0.25, 0.3) is 0 Å². The Bertz CT molecular complexity index is 2530. The van der Waals surface area contributed by atoms with Gasteiger partial charge in [0.05, 0.1) is 31.9 Å². The Morgan fingerprint density at radius 1 is 0.652 bits per heavy atom. The molecule has 1 heterocycles. The van der Waals surface area contributed by atoms with Gasteiger partial charge in [-0.1, -0.05) is 78.3 Å². The topological polar surface area (TPSA) is 517 Å². The van der Waals surface area contributed by atoms with Crippen molar-refractivity contribution in [1.29, 1.82) is 0 Å². The molecule has 0 unspecified atom stereocenters. The molecule has 89 heavy (non-hydrogen) atoms. The summed E-state index contributed by atoms with van der Waals surface area (Å²) in [7, 11) is 0. The summed E-state index contributed by atoms with van der Waals surface area (Å²) in [6, 6.07) is -7.05. The summed E-state index contributed by atoms with van der Waals surface area (Å²) in [6.45, 7) is 11.3. The quantitative estimate of drug-likeness (QED) is 0.0274. The van der Waals surface area contributed by atoms with Crippen LogP contribution in [0.15, 0.2) is 30.3 Å². The van der Waals surface area contributed by atoms with Crippen molar-refractivity contribution in [3.05, 3.63) is 35.9 Å². The van der Waals surface area contributed by atoms with E-state index >= 15 is 0 Å². The number of carboxylic acid groups (broad SMARTS) is 2. The van der Waals surface area contributed by atoms with Crippen LogP contribution in [0.1, 0.15) is 113 Å². The highest BCUT2D eigenvalue weighted by Gasteiger charge is 2.46. The normalized spacial score (nSPS) is 20.2. The zero-order valence-corrected chi connectivity index (χ0v) is 51.8. The molecule has 10 amide bonds. The van der Waals surface area contributed by atoms with E-state index in [1.54, 1.807) is 71.9 Å². The highest BCUT2D eigenvalue weighted by molar-refractivity contribution is 5.98. The first-order valence-corrected chi connectivity index (χ1v) is 29.6. The van der Waals surface area contributed by atoms with E-state index < -0.39 is 201 Å². The number of aliphatic carboxylic acids is 2. The van der Waals surface area contributed by atoms with Crippen molar-refractivity contribution < 1.29 is 97.6 Å². The molecule has 20 N–H and O–H groups in total. The van der Waals surface area contributed by atoms with Crippen LogP contribution in [-0.2, 0) is 73.4 Å². The molecule has 1 aromatic rings. The minimum Gasteiger partial charge on any atom is -0.481 e. The van der Waals surface area contributed by atoms with Gasteiger partial charge < -0.3 is 105 Å². The highest BCUT2D eigenvalue weighted by Crippen LogP contribution is 2.23. The summed E-state index contributed by atoms with van der Waals surface area (Å²) >= 11 is 0. The summed E-state index contributed by atoms with van der Waals surface area (Å²) in [5, 5.41) is 85.9. The first-order chi connectivity index (χ1) is 41.8. The third-order valence-electron chi connectivity index (χ3n) is 14.5. The monoisotopic (exact) mass is 1270 g/mol. The molecule has 2 rings (SSSR count). The first-order valence-electron chi connectivity index (χ1n) is 29.6. The first kappa shape index (κ1) is 77.6. The van der Waals surface area contributed by atoms with E-state index in [1.807, 2.05) is 0 Å². The van der Waals surface area contributed by atoms with Crippen LogP contribution in [0, 0.1) is 17.8 Å². The number of nitrogens with one attached hydrogen (secondary N) is 10. The van der Waals surface area contributed by atoms with E-state index in [1.165, 1.54) is 13.8 Å². The second-order valence-corrected chi connectivity index (χ2v) is 22.8. The van der Waals surface area contributed by atoms with Crippen molar-refractivity contribution >= 4 is 71.0 Å². The van der Waals surface area contributed by atoms with Gasteiger partial charge in [0.15, 0.2) is 6.29 Å². The molecule has 32 nitrogen and oxygen atoms in total. The number of benzene rings is 1. The predicted octanol–water partition coefficient (Wildman–Crippen LogP) is -5.26. The maximum Gasteiger partial charge on any atom is 0.326 e. The lowest BCUT2D eigenvalue weighted by atomic mass is 9.96. The molecule has 0 aliphatic carbocycles. The number of amides is 10. The van der Waals surface area contributed by atoms with Crippen LogP contribution in [0.4, 0.5) is 0 Å². The van der Waals surface area contributed by atoms with Gasteiger partial charge in [0.2, 0.25) is 59.1 Å². The molecule has 0 saturated carbocycles. The van der Waals surface area contributed by atoms with Crippen molar-refractivity contribution in [2.75, 3.05) is 26.3 Å². The fraction of sp³-hybridized carbons (Fsp3) is 0.684. The Kier molecular flexibility index (Phi) is 33.9. The summed E-state index contributed by atoms with van der Waals surface area (Å²) in [5.41, 5.74) is 12.0. The van der Waals surface area contributed by atoms with Gasteiger partial charge >= 0.3 is 11.9 Å². The number of carbonyl (C=O) groups is 12. The fourth-order valence-electron chi connectivity index (χ4n) is 8.96. The number of ether oxygens (including phenoxy) is 2. The average Bonchev–Trinajstić information content (AvgIpc) is 1.17. The van der Waals surface area contributed by atoms with Gasteiger partial charge in [0.25, 0.3) is 0 Å². The summed E-state index contributed by atoms with van der Waals surface area (Å²) in [5.74, 6) is -13.5. The highest BCUT2D eigenvalue weighted by atomic mass is 16.7. The number of unbranched alkanes of at least 4 members (excludes halogenated alkanes) is 1. The minimum absolute atomic E-state index is 0.0279. The molecule has 1 aromatic carbocycles. The number of hydrogen-bond acceptors (Lipinski definition) is 20. The molecular weight excluding hydrogens is 1170 g/mol. The van der Waals surface area contributed by atoms with E-state index in [2.05, 4.69) is 53.2 Å². The summed E-state index contributed by atoms with van der Waals surface area (Å²) in [4.78, 5) is 160. The zero-order valence-electron chi connectivity index (χ0n) is 51.8. The second kappa shape index (κ2) is 38.8. The van der Waals surface area contributed by atoms with E-state index in [4.69, 9.17) is 20.9 Å². The Hall–Kier alpha value is -7.46. The van der Waals surface area contributed by atoms with E-state index in [0.717, 1.165) is 6.92 Å². The Morgan fingerprint density at radius 3 is 1.78 bits per heavy atom. The van der Waals surface area contributed by atoms with Gasteiger partial charge in [-0.05, 0) is 75.8 Å². The fourth-order valence-corrected chi connectivity index (χ4v) is 8.96. The average molecular weight is 1270 g/mol. The third kappa shape index (κ3) is 26.6. The largest absolute Gasteiger partial charge is 0.481 e. The van der Waals surface area contributed by atoms with Gasteiger partial charge in [-0.2, -0.15) is 0 Å². The lowest BCUT2D eigenvalue weighted by Gasteiger charge is -2.42. The maximum absolute atomic E-state index is 14.7. The SMILES string of the molecule is CC[C@H](C)[C@H](NC(=O)[C@@H](N)C(C)C)C(=O)N[C@H](C(=O)N[C@@H](C)C(=O)N[C@@H](Cc1ccccc1)C(=O)N[C@@H](CO[C@@H]1O[C@H](CO)[C@@H](O)[C@H](O)[C@H]1NC(C)=O)C(=O)N[C@@H](CCC(=O)O)C(=O)NCC(=O)N[C@@H](CC(C)C)C(=O)N[C@@H](CCCCN)C(=O)O)[C@@H](C)O. The Labute approximate surface area is 516 Å². The second-order valence-electron chi connectivity index (χ2n) is 22.8. The molecule has 0 bridgehead atoms. The zero-order chi connectivity index (χ0) is 67.4. The van der Waals surface area contributed by atoms with E-state index in [0.29, 0.717) is 24.8 Å². The lowest BCUT2D eigenvalue weighted by Crippen LogP contribution is -2.65. The van der Waals surface area contributed by atoms with Crippen molar-refractivity contribution in [2.24, 2.45) is 29.2 Å². The molecule has 16 atom stereocenters. The van der Waals surface area contributed by atoms with Crippen LogP contribution >= 0.6 is 0 Å². The number of nitrogens with two attached hydrogens (primary N) is 2. The molecule has 0 spiro atoms. The van der Waals surface area contributed by atoms with Crippen LogP contribution in [0.5, 0.6) is 0 Å². The molecule has 1 saturated heterocycles. The third-order valence-corrected chi connectivity index (χ3v) is 14.5. The van der Waals surface area contributed by atoms with Crippen molar-refractivity contribution in [3.63, 3.8) is 0 Å². The van der Waals surface area contributed by atoms with Crippen molar-refractivity contribution in [2.45, 2.75) is 205 Å². The van der Waals surface area contributed by atoms with Crippen LogP contribution in [-0.4, -0.2) is 219 Å². The molecule has 502 valence electrons. The van der Waals surface area contributed by atoms with Crippen molar-refractivity contribution in [3.8, 4) is 0 Å². The van der Waals surface area contributed by atoms with Crippen LogP contribution in [0.2, 0.25) is 0 Å². The standard InChI is InChI=1S/C57H94N12O20/c1-10-29(6)43(68-53(83)42(59)28(4)5)54(84)69-44(31(8)71)55(85)61-30(7)48(78)66-37(23-33-16-12-11-13-17-33)51(81)67-38(26-88-57-45(62-32(9)72)47(77)46(76)39(25-70)89-57)52(82)64-34(19-20-41(74)75)49(79)60-24-40(73)63-36(22-27(2)3)50(80)65-35(56(86)87)18-14-15-21-58/h11-13,16-17,27-31,34-39,42-47,57,70-71,76-77H,10,14-15,18-26,58-59H2,1-9H3,(H,60,79)(H,61,85)(H,62,72)(H,63,73)(H,64,82)(H,65,80)(H,66,78)(H,67,81)(H,68,83)(H,69,84)(H,74,75)(H,86,87)/t29-,30-,31+,34-,35-,36-,37-,38-,39+,42-,43-,44-,45+,46+,47+,57+/m0/s1. The number of aliphatic hydroxyl groups is 4. The van der Waals surface area contributed by atoms with Crippen molar-refractivity contribution in [1.82, 2.24) is 53.2 Å². The number of hydrogen-bond donors (Lipinski definition) is 18. The van der Waals surface area contributed by atoms with E-state index in [-0.39, 0.29) is 37.6 Å². The molecule has 1 fully saturated rings. The molecule has 0 aromatic heterocycles. The van der Waals surface area contributed by atoms with Gasteiger partial charge in [0.1, 0.15) is 72.7 Å².